The van der Waals surface area contributed by atoms with Gasteiger partial charge in [-0.15, -0.1) is 0 Å². The third-order valence-corrected chi connectivity index (χ3v) is 5.71. The van der Waals surface area contributed by atoms with E-state index in [9.17, 15) is 4.39 Å². The van der Waals surface area contributed by atoms with Crippen LogP contribution in [0.5, 0.6) is 0 Å². The standard InChI is InChI=1S/C15H25FO3Si/c1-11(2)17-20(18-12(3)4,19-13(5)6)15-9-7-8-14(16)10-15/h7-13H,1-6H3. The topological polar surface area (TPSA) is 27.7 Å². The lowest BCUT2D eigenvalue weighted by molar-refractivity contribution is 0.0153. The van der Waals surface area contributed by atoms with Gasteiger partial charge in [-0.05, 0) is 53.7 Å². The molecule has 0 amide bonds. The largest absolute Gasteiger partial charge is 0.537 e. The van der Waals surface area contributed by atoms with Crippen molar-refractivity contribution in [3.63, 3.8) is 0 Å². The molecule has 0 aliphatic carbocycles. The first-order chi connectivity index (χ1) is 9.25. The molecule has 0 N–H and O–H groups in total. The van der Waals surface area contributed by atoms with E-state index in [1.807, 2.05) is 47.6 Å². The van der Waals surface area contributed by atoms with Gasteiger partial charge in [-0.1, -0.05) is 12.1 Å². The van der Waals surface area contributed by atoms with E-state index in [-0.39, 0.29) is 24.1 Å². The van der Waals surface area contributed by atoms with E-state index in [0.717, 1.165) is 0 Å². The monoisotopic (exact) mass is 300 g/mol. The summed E-state index contributed by atoms with van der Waals surface area (Å²) in [4.78, 5) is 0. The zero-order chi connectivity index (χ0) is 15.3. The molecule has 0 heterocycles. The lowest BCUT2D eigenvalue weighted by Crippen LogP contribution is -2.60. The minimum atomic E-state index is -3.13. The maximum Gasteiger partial charge on any atom is 0.537 e. The highest BCUT2D eigenvalue weighted by molar-refractivity contribution is 6.75. The van der Waals surface area contributed by atoms with E-state index in [2.05, 4.69) is 0 Å². The summed E-state index contributed by atoms with van der Waals surface area (Å²) in [5.74, 6) is -0.313. The fraction of sp³-hybridized carbons (Fsp3) is 0.600. The Kier molecular flexibility index (Phi) is 6.32. The molecule has 5 heteroatoms. The molecule has 20 heavy (non-hydrogen) atoms. The van der Waals surface area contributed by atoms with E-state index >= 15 is 0 Å². The van der Waals surface area contributed by atoms with Crippen LogP contribution in [0.2, 0.25) is 0 Å². The van der Waals surface area contributed by atoms with Gasteiger partial charge in [0.1, 0.15) is 5.82 Å². The van der Waals surface area contributed by atoms with Crippen molar-refractivity contribution < 1.29 is 17.7 Å². The first kappa shape index (κ1) is 17.3. The summed E-state index contributed by atoms with van der Waals surface area (Å²) in [6, 6.07) is 6.31. The number of hydrogen-bond donors (Lipinski definition) is 0. The number of rotatable bonds is 7. The molecule has 3 nitrogen and oxygen atoms in total. The first-order valence-corrected chi connectivity index (χ1v) is 8.77. The number of benzene rings is 1. The van der Waals surface area contributed by atoms with Gasteiger partial charge in [-0.3, -0.25) is 0 Å². The van der Waals surface area contributed by atoms with E-state index in [4.69, 9.17) is 13.3 Å². The van der Waals surface area contributed by atoms with Gasteiger partial charge in [-0.2, -0.15) is 0 Å². The third-order valence-electron chi connectivity index (χ3n) is 2.35. The normalized spacial score (nSPS) is 12.7. The summed E-state index contributed by atoms with van der Waals surface area (Å²) in [5, 5.41) is 0.661. The quantitative estimate of drug-likeness (QED) is 0.724. The molecule has 114 valence electrons. The molecular weight excluding hydrogens is 275 g/mol. The van der Waals surface area contributed by atoms with Crippen molar-refractivity contribution in [2.75, 3.05) is 0 Å². The molecule has 0 aliphatic heterocycles. The Labute approximate surface area is 122 Å². The van der Waals surface area contributed by atoms with Crippen molar-refractivity contribution in [1.29, 1.82) is 0 Å². The zero-order valence-corrected chi connectivity index (χ0v) is 14.1. The van der Waals surface area contributed by atoms with Crippen LogP contribution in [0.1, 0.15) is 41.5 Å². The lowest BCUT2D eigenvalue weighted by Gasteiger charge is -2.34. The zero-order valence-electron chi connectivity index (χ0n) is 13.1. The molecule has 0 radical (unpaired) electrons. The van der Waals surface area contributed by atoms with Crippen LogP contribution in [0.25, 0.3) is 0 Å². The number of hydrogen-bond acceptors (Lipinski definition) is 3. The van der Waals surface area contributed by atoms with E-state index in [1.165, 1.54) is 12.1 Å². The summed E-state index contributed by atoms with van der Waals surface area (Å²) < 4.78 is 31.7. The lowest BCUT2D eigenvalue weighted by atomic mass is 10.3. The second-order valence-electron chi connectivity index (χ2n) is 5.57. The summed E-state index contributed by atoms with van der Waals surface area (Å²) in [7, 11) is -3.13. The molecule has 0 saturated carbocycles. The Hall–Kier alpha value is -0.753. The maximum absolute atomic E-state index is 13.6. The van der Waals surface area contributed by atoms with Crippen molar-refractivity contribution in [3.05, 3.63) is 30.1 Å². The van der Waals surface area contributed by atoms with Gasteiger partial charge in [0, 0.05) is 23.5 Å². The maximum atomic E-state index is 13.6. The third kappa shape index (κ3) is 4.98. The van der Waals surface area contributed by atoms with E-state index < -0.39 is 8.80 Å². The second kappa shape index (κ2) is 7.31. The molecule has 1 aromatic carbocycles. The second-order valence-corrected chi connectivity index (χ2v) is 7.96. The molecule has 0 atom stereocenters. The van der Waals surface area contributed by atoms with Crippen LogP contribution >= 0.6 is 0 Å². The van der Waals surface area contributed by atoms with Crippen molar-refractivity contribution in [3.8, 4) is 0 Å². The predicted octanol–water partition coefficient (Wildman–Crippen LogP) is 3.25. The fourth-order valence-corrected chi connectivity index (χ4v) is 4.95. The molecule has 0 aromatic heterocycles. The Morgan fingerprint density at radius 3 is 1.65 bits per heavy atom. The van der Waals surface area contributed by atoms with Crippen LogP contribution in [0, 0.1) is 5.82 Å². The Bertz CT molecular complexity index is 395. The van der Waals surface area contributed by atoms with Gasteiger partial charge >= 0.3 is 8.80 Å². The number of halogens is 1. The van der Waals surface area contributed by atoms with Gasteiger partial charge < -0.3 is 13.3 Å². The van der Waals surface area contributed by atoms with Crippen LogP contribution in [-0.4, -0.2) is 27.1 Å². The molecule has 0 unspecified atom stereocenters. The average molecular weight is 300 g/mol. The van der Waals surface area contributed by atoms with Crippen LogP contribution in [0.3, 0.4) is 0 Å². The van der Waals surface area contributed by atoms with E-state index in [0.29, 0.717) is 5.19 Å². The van der Waals surface area contributed by atoms with Gasteiger partial charge in [0.25, 0.3) is 0 Å². The summed E-state index contributed by atoms with van der Waals surface area (Å²) in [6.45, 7) is 11.6. The molecule has 0 fully saturated rings. The van der Waals surface area contributed by atoms with E-state index in [1.54, 1.807) is 6.07 Å². The van der Waals surface area contributed by atoms with Gasteiger partial charge in [0.15, 0.2) is 0 Å². The van der Waals surface area contributed by atoms with Crippen molar-refractivity contribution in [1.82, 2.24) is 0 Å². The minimum Gasteiger partial charge on any atom is -0.367 e. The smallest absolute Gasteiger partial charge is 0.367 e. The Morgan fingerprint density at radius 2 is 1.30 bits per heavy atom. The van der Waals surface area contributed by atoms with Crippen LogP contribution in [0.4, 0.5) is 4.39 Å². The SMILES string of the molecule is CC(C)O[Si](OC(C)C)(OC(C)C)c1cccc(F)c1. The Morgan fingerprint density at radius 1 is 0.850 bits per heavy atom. The summed E-state index contributed by atoms with van der Waals surface area (Å²) >= 11 is 0. The molecule has 0 spiro atoms. The first-order valence-electron chi connectivity index (χ1n) is 7.04. The highest BCUT2D eigenvalue weighted by Gasteiger charge is 2.46. The molecular formula is C15H25FO3Si. The Balaban J connectivity index is 3.26. The molecule has 0 saturated heterocycles. The van der Waals surface area contributed by atoms with Gasteiger partial charge in [0.2, 0.25) is 0 Å². The summed E-state index contributed by atoms with van der Waals surface area (Å²) in [6.07, 6.45) is -0.202. The highest BCUT2D eigenvalue weighted by atomic mass is 28.4. The predicted molar refractivity (Wildman–Crippen MR) is 80.5 cm³/mol. The molecule has 1 rings (SSSR count). The van der Waals surface area contributed by atoms with Crippen molar-refractivity contribution in [2.24, 2.45) is 0 Å². The molecule has 0 aliphatic rings. The summed E-state index contributed by atoms with van der Waals surface area (Å²) in [5.41, 5.74) is 0. The van der Waals surface area contributed by atoms with Gasteiger partial charge in [-0.25, -0.2) is 4.39 Å². The highest BCUT2D eigenvalue weighted by Crippen LogP contribution is 2.18. The minimum absolute atomic E-state index is 0.0672. The van der Waals surface area contributed by atoms with Crippen molar-refractivity contribution >= 4 is 14.0 Å². The van der Waals surface area contributed by atoms with Crippen LogP contribution in [0.15, 0.2) is 24.3 Å². The fourth-order valence-electron chi connectivity index (χ4n) is 1.90. The van der Waals surface area contributed by atoms with Crippen LogP contribution in [-0.2, 0) is 13.3 Å². The average Bonchev–Trinajstić information content (AvgIpc) is 2.25. The molecule has 1 aromatic rings. The van der Waals surface area contributed by atoms with Crippen molar-refractivity contribution in [2.45, 2.75) is 59.9 Å². The molecule has 0 bridgehead atoms. The van der Waals surface area contributed by atoms with Crippen LogP contribution < -0.4 is 5.19 Å². The van der Waals surface area contributed by atoms with Gasteiger partial charge in [0.05, 0.1) is 0 Å².